The fourth-order valence-electron chi connectivity index (χ4n) is 2.81. The molecule has 23 heavy (non-hydrogen) atoms. The van der Waals surface area contributed by atoms with Gasteiger partial charge in [0.05, 0.1) is 4.92 Å². The summed E-state index contributed by atoms with van der Waals surface area (Å²) >= 11 is 0. The number of benzene rings is 1. The van der Waals surface area contributed by atoms with Crippen molar-refractivity contribution in [1.82, 2.24) is 5.32 Å². The average molecular weight is 324 g/mol. The maximum absolute atomic E-state index is 13.3. The number of hydrogen-bond donors (Lipinski definition) is 1. The van der Waals surface area contributed by atoms with Gasteiger partial charge in [0.1, 0.15) is 5.82 Å². The third-order valence-electron chi connectivity index (χ3n) is 4.23. The molecule has 0 heterocycles. The van der Waals surface area contributed by atoms with E-state index in [2.05, 4.69) is 12.2 Å². The SMILES string of the molecule is C[C@@H](Oc1cc(F)ccc1[N+](=O)[O-])C(=O)N[C@H]1CCCC[C@@H]1C. The molecule has 1 aliphatic carbocycles. The molecule has 0 unspecified atom stereocenters. The number of nitrogens with zero attached hydrogens (tertiary/aromatic N) is 1. The van der Waals surface area contributed by atoms with Crippen LogP contribution < -0.4 is 10.1 Å². The molecule has 7 heteroatoms. The highest BCUT2D eigenvalue weighted by Gasteiger charge is 2.27. The molecule has 126 valence electrons. The predicted octanol–water partition coefficient (Wildman–Crippen LogP) is 3.20. The minimum Gasteiger partial charge on any atom is -0.474 e. The quantitative estimate of drug-likeness (QED) is 0.666. The topological polar surface area (TPSA) is 81.5 Å². The van der Waals surface area contributed by atoms with Crippen molar-refractivity contribution in [2.75, 3.05) is 0 Å². The molecule has 1 aromatic rings. The number of carbonyl (C=O) groups excluding carboxylic acids is 1. The van der Waals surface area contributed by atoms with Gasteiger partial charge in [-0.3, -0.25) is 14.9 Å². The third-order valence-corrected chi connectivity index (χ3v) is 4.23. The zero-order chi connectivity index (χ0) is 17.0. The van der Waals surface area contributed by atoms with Crippen LogP contribution in [0.2, 0.25) is 0 Å². The molecule has 1 amide bonds. The summed E-state index contributed by atoms with van der Waals surface area (Å²) in [4.78, 5) is 22.5. The largest absolute Gasteiger partial charge is 0.474 e. The summed E-state index contributed by atoms with van der Waals surface area (Å²) in [6.07, 6.45) is 3.27. The number of nitro groups is 1. The Morgan fingerprint density at radius 1 is 1.43 bits per heavy atom. The first kappa shape index (κ1) is 17.2. The lowest BCUT2D eigenvalue weighted by Gasteiger charge is -2.30. The smallest absolute Gasteiger partial charge is 0.311 e. The van der Waals surface area contributed by atoms with Crippen LogP contribution in [-0.4, -0.2) is 23.0 Å². The molecular weight excluding hydrogens is 303 g/mol. The molecule has 1 saturated carbocycles. The maximum atomic E-state index is 13.3. The number of nitro benzene ring substituents is 1. The van der Waals surface area contributed by atoms with Gasteiger partial charge in [-0.05, 0) is 31.7 Å². The molecule has 1 N–H and O–H groups in total. The van der Waals surface area contributed by atoms with Crippen LogP contribution in [0, 0.1) is 21.8 Å². The Balaban J connectivity index is 2.03. The van der Waals surface area contributed by atoms with Crippen LogP contribution in [0.25, 0.3) is 0 Å². The predicted molar refractivity (Wildman–Crippen MR) is 82.7 cm³/mol. The minimum atomic E-state index is -0.940. The monoisotopic (exact) mass is 324 g/mol. The highest BCUT2D eigenvalue weighted by molar-refractivity contribution is 5.81. The normalized spacial score (nSPS) is 22.2. The second kappa shape index (κ2) is 7.39. The minimum absolute atomic E-state index is 0.0878. The molecule has 2 rings (SSSR count). The standard InChI is InChI=1S/C16H21FN2O4/c1-10-5-3-4-6-13(10)18-16(20)11(2)23-15-9-12(17)7-8-14(15)19(21)22/h7-11,13H,3-6H2,1-2H3,(H,18,20)/t10-,11+,13-/m0/s1. The first-order valence-electron chi connectivity index (χ1n) is 7.79. The van der Waals surface area contributed by atoms with Gasteiger partial charge in [-0.15, -0.1) is 0 Å². The summed E-state index contributed by atoms with van der Waals surface area (Å²) in [5.74, 6) is -0.848. The second-order valence-corrected chi connectivity index (χ2v) is 6.01. The molecule has 3 atom stereocenters. The average Bonchev–Trinajstić information content (AvgIpc) is 2.49. The van der Waals surface area contributed by atoms with Crippen LogP contribution in [0.15, 0.2) is 18.2 Å². The molecule has 0 saturated heterocycles. The molecule has 0 aromatic heterocycles. The van der Waals surface area contributed by atoms with Crippen molar-refractivity contribution in [3.8, 4) is 5.75 Å². The Morgan fingerprint density at radius 3 is 2.78 bits per heavy atom. The Morgan fingerprint density at radius 2 is 2.13 bits per heavy atom. The summed E-state index contributed by atoms with van der Waals surface area (Å²) in [5.41, 5.74) is -0.364. The van der Waals surface area contributed by atoms with E-state index in [9.17, 15) is 19.3 Å². The van der Waals surface area contributed by atoms with Crippen molar-refractivity contribution in [3.05, 3.63) is 34.1 Å². The van der Waals surface area contributed by atoms with Crippen molar-refractivity contribution in [1.29, 1.82) is 0 Å². The number of hydrogen-bond acceptors (Lipinski definition) is 4. The van der Waals surface area contributed by atoms with Crippen molar-refractivity contribution < 1.29 is 18.8 Å². The van der Waals surface area contributed by atoms with Gasteiger partial charge in [0, 0.05) is 18.2 Å². The molecule has 1 fully saturated rings. The summed E-state index contributed by atoms with van der Waals surface area (Å²) in [6, 6.07) is 3.02. The second-order valence-electron chi connectivity index (χ2n) is 6.01. The summed E-state index contributed by atoms with van der Waals surface area (Å²) in [7, 11) is 0. The van der Waals surface area contributed by atoms with E-state index in [-0.39, 0.29) is 23.4 Å². The fourth-order valence-corrected chi connectivity index (χ4v) is 2.81. The number of rotatable bonds is 5. The summed E-state index contributed by atoms with van der Waals surface area (Å²) < 4.78 is 18.6. The van der Waals surface area contributed by atoms with Gasteiger partial charge in [-0.25, -0.2) is 4.39 Å². The van der Waals surface area contributed by atoms with E-state index in [1.165, 1.54) is 6.92 Å². The molecule has 0 spiro atoms. The highest BCUT2D eigenvalue weighted by atomic mass is 19.1. The lowest BCUT2D eigenvalue weighted by atomic mass is 9.86. The van der Waals surface area contributed by atoms with Crippen LogP contribution in [0.4, 0.5) is 10.1 Å². The molecule has 1 aliphatic rings. The number of nitrogens with one attached hydrogen (secondary N) is 1. The van der Waals surface area contributed by atoms with Crippen LogP contribution in [0.3, 0.4) is 0 Å². The van der Waals surface area contributed by atoms with Gasteiger partial charge in [0.2, 0.25) is 5.75 Å². The Labute approximate surface area is 134 Å². The van der Waals surface area contributed by atoms with Gasteiger partial charge >= 0.3 is 5.69 Å². The van der Waals surface area contributed by atoms with Gasteiger partial charge in [-0.1, -0.05) is 19.8 Å². The van der Waals surface area contributed by atoms with Gasteiger partial charge in [0.25, 0.3) is 5.91 Å². The summed E-state index contributed by atoms with van der Waals surface area (Å²) in [5, 5.41) is 13.9. The van der Waals surface area contributed by atoms with Gasteiger partial charge in [0.15, 0.2) is 6.10 Å². The number of amides is 1. The fraction of sp³-hybridized carbons (Fsp3) is 0.562. The highest BCUT2D eigenvalue weighted by Crippen LogP contribution is 2.29. The van der Waals surface area contributed by atoms with Crippen LogP contribution in [-0.2, 0) is 4.79 Å². The van der Waals surface area contributed by atoms with Crippen molar-refractivity contribution in [2.45, 2.75) is 51.7 Å². The van der Waals surface area contributed by atoms with E-state index < -0.39 is 16.8 Å². The lowest BCUT2D eigenvalue weighted by Crippen LogP contribution is -2.46. The van der Waals surface area contributed by atoms with E-state index in [1.807, 2.05) is 0 Å². The Bertz CT molecular complexity index is 593. The van der Waals surface area contributed by atoms with E-state index in [4.69, 9.17) is 4.74 Å². The van der Waals surface area contributed by atoms with E-state index in [0.717, 1.165) is 43.9 Å². The van der Waals surface area contributed by atoms with E-state index >= 15 is 0 Å². The van der Waals surface area contributed by atoms with Crippen molar-refractivity contribution in [3.63, 3.8) is 0 Å². The van der Waals surface area contributed by atoms with E-state index in [0.29, 0.717) is 5.92 Å². The van der Waals surface area contributed by atoms with E-state index in [1.54, 1.807) is 0 Å². The summed E-state index contributed by atoms with van der Waals surface area (Å²) in [6.45, 7) is 3.59. The number of ether oxygens (including phenoxy) is 1. The van der Waals surface area contributed by atoms with Crippen LogP contribution in [0.5, 0.6) is 5.75 Å². The molecular formula is C16H21FN2O4. The lowest BCUT2D eigenvalue weighted by molar-refractivity contribution is -0.386. The van der Waals surface area contributed by atoms with Crippen LogP contribution in [0.1, 0.15) is 39.5 Å². The number of carbonyl (C=O) groups is 1. The Hall–Kier alpha value is -2.18. The van der Waals surface area contributed by atoms with Gasteiger partial charge in [-0.2, -0.15) is 0 Å². The first-order valence-corrected chi connectivity index (χ1v) is 7.79. The Kier molecular flexibility index (Phi) is 5.52. The molecule has 0 radical (unpaired) electrons. The zero-order valence-corrected chi connectivity index (χ0v) is 13.3. The van der Waals surface area contributed by atoms with Crippen molar-refractivity contribution >= 4 is 11.6 Å². The van der Waals surface area contributed by atoms with Gasteiger partial charge < -0.3 is 10.1 Å². The third kappa shape index (κ3) is 4.40. The molecule has 6 nitrogen and oxygen atoms in total. The number of halogens is 1. The van der Waals surface area contributed by atoms with Crippen molar-refractivity contribution in [2.24, 2.45) is 5.92 Å². The maximum Gasteiger partial charge on any atom is 0.311 e. The molecule has 1 aromatic carbocycles. The molecule has 0 aliphatic heterocycles. The van der Waals surface area contributed by atoms with Crippen LogP contribution >= 0.6 is 0 Å². The zero-order valence-electron chi connectivity index (χ0n) is 13.3. The molecule has 0 bridgehead atoms. The first-order chi connectivity index (χ1) is 10.9.